The number of rotatable bonds is 56. The molecule has 0 amide bonds. The smallest absolute Gasteiger partial charge is 0.306 e. The molecule has 1 atom stereocenters. The molecule has 0 saturated carbocycles. The quantitative estimate of drug-likeness (QED) is 0.0261. The fraction of sp³-hybridized carbons (Fsp3) is 0.721. The van der Waals surface area contributed by atoms with Gasteiger partial charge in [-0.3, -0.25) is 14.4 Å². The summed E-state index contributed by atoms with van der Waals surface area (Å²) in [6.45, 7) is 6.51. The molecule has 0 aliphatic rings. The molecule has 0 aliphatic heterocycles. The Labute approximate surface area is 457 Å². The molecule has 0 radical (unpaired) electrons. The fourth-order valence-corrected chi connectivity index (χ4v) is 8.65. The van der Waals surface area contributed by atoms with Crippen molar-refractivity contribution in [3.63, 3.8) is 0 Å². The Hall–Kier alpha value is -3.67. The minimum atomic E-state index is -0.786. The number of carbonyl (C=O) groups excluding carboxylic acids is 3. The minimum Gasteiger partial charge on any atom is -0.462 e. The highest BCUT2D eigenvalue weighted by Crippen LogP contribution is 2.15. The zero-order valence-corrected chi connectivity index (χ0v) is 48.6. The van der Waals surface area contributed by atoms with Crippen LogP contribution in [0, 0.1) is 0 Å². The molecule has 0 aromatic carbocycles. The molecule has 0 saturated heterocycles. The average molecular weight is 1030 g/mol. The first kappa shape index (κ1) is 70.3. The topological polar surface area (TPSA) is 78.9 Å². The van der Waals surface area contributed by atoms with Crippen molar-refractivity contribution in [2.24, 2.45) is 0 Å². The molecule has 0 aliphatic carbocycles. The van der Waals surface area contributed by atoms with Gasteiger partial charge in [-0.15, -0.1) is 0 Å². The molecule has 0 aromatic rings. The second-order valence-electron chi connectivity index (χ2n) is 20.6. The van der Waals surface area contributed by atoms with E-state index >= 15 is 0 Å². The van der Waals surface area contributed by atoms with Crippen molar-refractivity contribution < 1.29 is 28.6 Å². The molecule has 0 fully saturated rings. The number of allylic oxidation sites excluding steroid dienone is 16. The Bertz CT molecular complexity index is 1460. The maximum absolute atomic E-state index is 12.9. The number of esters is 3. The normalized spacial score (nSPS) is 12.7. The Balaban J connectivity index is 4.32. The van der Waals surface area contributed by atoms with E-state index in [4.69, 9.17) is 14.2 Å². The standard InChI is InChI=1S/C68H116O6/c1-4-7-10-13-16-19-22-24-26-28-30-32-34-36-38-40-42-44-46-49-52-55-58-61-67(70)73-64-65(63-72-66(69)60-57-54-51-48-21-18-15-12-9-6-3)74-68(71)62-59-56-53-50-47-45-43-41-39-37-35-33-31-29-27-25-23-20-17-14-11-8-5-2/h7,10,16,19,23-26,29-32,35-38,65H,4-6,8-9,11-15,17-18,20-22,27-28,33-34,39-64H2,1-3H3/b10-7-,19-16-,25-23-,26-24-,31-29-,32-30-,37-35-,38-36-. The van der Waals surface area contributed by atoms with Crippen molar-refractivity contribution >= 4 is 17.9 Å². The van der Waals surface area contributed by atoms with E-state index in [1.54, 1.807) is 0 Å². The summed E-state index contributed by atoms with van der Waals surface area (Å²) in [5.41, 5.74) is 0. The minimum absolute atomic E-state index is 0.0826. The summed E-state index contributed by atoms with van der Waals surface area (Å²) >= 11 is 0. The second-order valence-corrected chi connectivity index (χ2v) is 20.6. The van der Waals surface area contributed by atoms with E-state index in [0.29, 0.717) is 19.3 Å². The molecule has 1 unspecified atom stereocenters. The maximum Gasteiger partial charge on any atom is 0.306 e. The largest absolute Gasteiger partial charge is 0.462 e. The Kier molecular flexibility index (Phi) is 58.8. The molecular formula is C68H116O6. The third kappa shape index (κ3) is 59.2. The summed E-state index contributed by atoms with van der Waals surface area (Å²) in [5.74, 6) is -0.895. The Morgan fingerprint density at radius 1 is 0.284 bits per heavy atom. The molecule has 0 N–H and O–H groups in total. The van der Waals surface area contributed by atoms with Crippen LogP contribution in [-0.2, 0) is 28.6 Å². The van der Waals surface area contributed by atoms with Crippen LogP contribution in [0.15, 0.2) is 97.2 Å². The molecule has 0 spiro atoms. The van der Waals surface area contributed by atoms with Crippen molar-refractivity contribution in [3.8, 4) is 0 Å². The van der Waals surface area contributed by atoms with Gasteiger partial charge in [0.2, 0.25) is 0 Å². The van der Waals surface area contributed by atoms with Gasteiger partial charge in [-0.1, -0.05) is 272 Å². The van der Waals surface area contributed by atoms with E-state index in [1.807, 2.05) is 0 Å². The summed E-state index contributed by atoms with van der Waals surface area (Å²) < 4.78 is 16.9. The van der Waals surface area contributed by atoms with E-state index in [9.17, 15) is 14.4 Å². The first-order chi connectivity index (χ1) is 36.5. The van der Waals surface area contributed by atoms with Crippen molar-refractivity contribution in [2.75, 3.05) is 13.2 Å². The summed E-state index contributed by atoms with van der Waals surface area (Å²) in [6, 6.07) is 0. The zero-order chi connectivity index (χ0) is 53.6. The third-order valence-electron chi connectivity index (χ3n) is 13.3. The molecule has 6 heteroatoms. The summed E-state index contributed by atoms with van der Waals surface area (Å²) in [5, 5.41) is 0. The third-order valence-corrected chi connectivity index (χ3v) is 13.3. The molecule has 74 heavy (non-hydrogen) atoms. The highest BCUT2D eigenvalue weighted by atomic mass is 16.6. The Morgan fingerprint density at radius 2 is 0.527 bits per heavy atom. The van der Waals surface area contributed by atoms with Crippen molar-refractivity contribution in [2.45, 2.75) is 303 Å². The van der Waals surface area contributed by atoms with E-state index < -0.39 is 6.10 Å². The van der Waals surface area contributed by atoms with Gasteiger partial charge in [-0.25, -0.2) is 0 Å². The van der Waals surface area contributed by atoms with Gasteiger partial charge < -0.3 is 14.2 Å². The summed E-state index contributed by atoms with van der Waals surface area (Å²) in [6.07, 6.45) is 82.6. The number of hydrogen-bond acceptors (Lipinski definition) is 6. The molecule has 6 nitrogen and oxygen atoms in total. The van der Waals surface area contributed by atoms with Crippen LogP contribution in [-0.4, -0.2) is 37.2 Å². The molecule has 0 heterocycles. The van der Waals surface area contributed by atoms with Crippen LogP contribution in [0.1, 0.15) is 297 Å². The molecule has 424 valence electrons. The van der Waals surface area contributed by atoms with Crippen LogP contribution < -0.4 is 0 Å². The summed E-state index contributed by atoms with van der Waals surface area (Å²) in [7, 11) is 0. The first-order valence-electron chi connectivity index (χ1n) is 31.2. The monoisotopic (exact) mass is 1030 g/mol. The molecule has 0 aromatic heterocycles. The second kappa shape index (κ2) is 61.9. The highest BCUT2D eigenvalue weighted by Gasteiger charge is 2.19. The van der Waals surface area contributed by atoms with Gasteiger partial charge in [0.1, 0.15) is 13.2 Å². The van der Waals surface area contributed by atoms with E-state index in [1.165, 1.54) is 141 Å². The van der Waals surface area contributed by atoms with Gasteiger partial charge in [0.15, 0.2) is 6.10 Å². The van der Waals surface area contributed by atoms with Crippen LogP contribution >= 0.6 is 0 Å². The SMILES string of the molecule is CC/C=C\C/C=C\C/C=C\C/C=C\C/C=C\CCCCCCCCCC(=O)OCC(COC(=O)CCCCCCCCCCCC)OC(=O)CCCCCCCCCC/C=C\C/C=C\C/C=C\CCCCCCC. The average Bonchev–Trinajstić information content (AvgIpc) is 3.40. The van der Waals surface area contributed by atoms with Gasteiger partial charge in [0, 0.05) is 19.3 Å². The van der Waals surface area contributed by atoms with Gasteiger partial charge in [0.25, 0.3) is 0 Å². The lowest BCUT2D eigenvalue weighted by Gasteiger charge is -2.18. The van der Waals surface area contributed by atoms with Crippen molar-refractivity contribution in [1.82, 2.24) is 0 Å². The number of hydrogen-bond donors (Lipinski definition) is 0. The van der Waals surface area contributed by atoms with Gasteiger partial charge in [0.05, 0.1) is 0 Å². The summed E-state index contributed by atoms with van der Waals surface area (Å²) in [4.78, 5) is 38.2. The van der Waals surface area contributed by atoms with Crippen molar-refractivity contribution in [3.05, 3.63) is 97.2 Å². The zero-order valence-electron chi connectivity index (χ0n) is 48.6. The number of unbranched alkanes of at least 4 members (excludes halogenated alkanes) is 29. The lowest BCUT2D eigenvalue weighted by molar-refractivity contribution is -0.167. The van der Waals surface area contributed by atoms with Crippen LogP contribution in [0.25, 0.3) is 0 Å². The lowest BCUT2D eigenvalue weighted by atomic mass is 10.1. The van der Waals surface area contributed by atoms with Gasteiger partial charge in [-0.05, 0) is 103 Å². The predicted molar refractivity (Wildman–Crippen MR) is 320 cm³/mol. The van der Waals surface area contributed by atoms with Crippen LogP contribution in [0.2, 0.25) is 0 Å². The van der Waals surface area contributed by atoms with Crippen molar-refractivity contribution in [1.29, 1.82) is 0 Å². The van der Waals surface area contributed by atoms with Gasteiger partial charge in [-0.2, -0.15) is 0 Å². The number of ether oxygens (including phenoxy) is 3. The maximum atomic E-state index is 12.9. The van der Waals surface area contributed by atoms with E-state index in [2.05, 4.69) is 118 Å². The highest BCUT2D eigenvalue weighted by molar-refractivity contribution is 5.71. The predicted octanol–water partition coefficient (Wildman–Crippen LogP) is 21.3. The lowest BCUT2D eigenvalue weighted by Crippen LogP contribution is -2.30. The fourth-order valence-electron chi connectivity index (χ4n) is 8.65. The van der Waals surface area contributed by atoms with Crippen LogP contribution in [0.4, 0.5) is 0 Å². The Morgan fingerprint density at radius 3 is 0.824 bits per heavy atom. The molecule has 0 bridgehead atoms. The van der Waals surface area contributed by atoms with Gasteiger partial charge >= 0.3 is 17.9 Å². The number of carbonyl (C=O) groups is 3. The molecule has 0 rings (SSSR count). The first-order valence-corrected chi connectivity index (χ1v) is 31.2. The van der Waals surface area contributed by atoms with E-state index in [0.717, 1.165) is 116 Å². The molecular weight excluding hydrogens is 913 g/mol. The van der Waals surface area contributed by atoms with E-state index in [-0.39, 0.29) is 31.1 Å². The van der Waals surface area contributed by atoms with Crippen LogP contribution in [0.5, 0.6) is 0 Å². The van der Waals surface area contributed by atoms with Crippen LogP contribution in [0.3, 0.4) is 0 Å².